The first-order valence-electron chi connectivity index (χ1n) is 8.66. The zero-order valence-corrected chi connectivity index (χ0v) is 15.3. The number of hydrogen-bond acceptors (Lipinski definition) is 4. The number of halogens is 1. The van der Waals surface area contributed by atoms with Crippen molar-refractivity contribution in [3.8, 4) is 11.5 Å². The van der Waals surface area contributed by atoms with E-state index in [2.05, 4.69) is 5.32 Å². The smallest absolute Gasteiger partial charge is 0.225 e. The molecule has 0 saturated carbocycles. The Balaban J connectivity index is 1.51. The summed E-state index contributed by atoms with van der Waals surface area (Å²) in [4.78, 5) is 13.7. The number of nitrogens with one attached hydrogen (secondary N) is 1. The number of carbonyl (C=O) groups excluding carboxylic acids is 1. The number of ether oxygens (including phenoxy) is 2. The van der Waals surface area contributed by atoms with Gasteiger partial charge in [-0.1, -0.05) is 24.3 Å². The third-order valence-electron chi connectivity index (χ3n) is 4.31. The van der Waals surface area contributed by atoms with E-state index in [-0.39, 0.29) is 24.2 Å². The molecular weight excluding hydrogens is 365 g/mol. The van der Waals surface area contributed by atoms with Crippen LogP contribution in [0.2, 0.25) is 0 Å². The first-order valence-corrected chi connectivity index (χ1v) is 9.54. The van der Waals surface area contributed by atoms with Gasteiger partial charge in [-0.25, -0.2) is 4.39 Å². The molecule has 1 aromatic heterocycles. The van der Waals surface area contributed by atoms with Crippen LogP contribution in [0, 0.1) is 5.82 Å². The second-order valence-corrected chi connectivity index (χ2v) is 7.20. The van der Waals surface area contributed by atoms with Crippen LogP contribution in [0.1, 0.15) is 22.0 Å². The van der Waals surface area contributed by atoms with Crippen molar-refractivity contribution in [1.82, 2.24) is 5.32 Å². The molecule has 1 aliphatic heterocycles. The fourth-order valence-corrected chi connectivity index (χ4v) is 3.83. The molecule has 2 heterocycles. The maximum absolute atomic E-state index is 13.3. The zero-order valence-electron chi connectivity index (χ0n) is 14.5. The standard InChI is InChI=1S/C21H18FNO3S/c22-16-6-4-15(5-7-16)21(19-2-1-11-27-19)23-20(24)13-14-3-8-17-18(12-14)26-10-9-25-17/h1-8,11-12,21H,9-10,13H2,(H,23,24). The zero-order chi connectivity index (χ0) is 18.6. The molecule has 0 saturated heterocycles. The molecule has 1 amide bonds. The minimum absolute atomic E-state index is 0.116. The van der Waals surface area contributed by atoms with Crippen molar-refractivity contribution in [2.75, 3.05) is 13.2 Å². The van der Waals surface area contributed by atoms with Gasteiger partial charge < -0.3 is 14.8 Å². The van der Waals surface area contributed by atoms with E-state index in [4.69, 9.17) is 9.47 Å². The van der Waals surface area contributed by atoms with Gasteiger partial charge in [-0.15, -0.1) is 11.3 Å². The van der Waals surface area contributed by atoms with Crippen LogP contribution in [0.3, 0.4) is 0 Å². The molecule has 4 nitrogen and oxygen atoms in total. The Morgan fingerprint density at radius 3 is 2.59 bits per heavy atom. The third-order valence-corrected chi connectivity index (χ3v) is 5.24. The lowest BCUT2D eigenvalue weighted by atomic mass is 10.0. The van der Waals surface area contributed by atoms with Gasteiger partial charge in [-0.3, -0.25) is 4.79 Å². The lowest BCUT2D eigenvalue weighted by molar-refractivity contribution is -0.120. The Hall–Kier alpha value is -2.86. The summed E-state index contributed by atoms with van der Waals surface area (Å²) in [7, 11) is 0. The molecule has 138 valence electrons. The van der Waals surface area contributed by atoms with Crippen LogP contribution in [-0.2, 0) is 11.2 Å². The first-order chi connectivity index (χ1) is 13.2. The molecule has 1 aliphatic rings. The largest absolute Gasteiger partial charge is 0.486 e. The molecule has 0 bridgehead atoms. The molecule has 27 heavy (non-hydrogen) atoms. The Kier molecular flexibility index (Phi) is 5.07. The van der Waals surface area contributed by atoms with E-state index >= 15 is 0 Å². The van der Waals surface area contributed by atoms with Gasteiger partial charge in [0.05, 0.1) is 12.5 Å². The highest BCUT2D eigenvalue weighted by molar-refractivity contribution is 7.10. The molecule has 1 unspecified atom stereocenters. The Labute approximate surface area is 160 Å². The van der Waals surface area contributed by atoms with Crippen LogP contribution < -0.4 is 14.8 Å². The number of amides is 1. The van der Waals surface area contributed by atoms with Gasteiger partial charge in [-0.2, -0.15) is 0 Å². The summed E-state index contributed by atoms with van der Waals surface area (Å²) >= 11 is 1.55. The molecule has 2 aromatic carbocycles. The minimum Gasteiger partial charge on any atom is -0.486 e. The highest BCUT2D eigenvalue weighted by Crippen LogP contribution is 2.31. The van der Waals surface area contributed by atoms with Crippen molar-refractivity contribution in [3.63, 3.8) is 0 Å². The quantitative estimate of drug-likeness (QED) is 0.721. The summed E-state index contributed by atoms with van der Waals surface area (Å²) in [5.41, 5.74) is 1.69. The Morgan fingerprint density at radius 1 is 1.07 bits per heavy atom. The van der Waals surface area contributed by atoms with E-state index in [9.17, 15) is 9.18 Å². The first kappa shape index (κ1) is 17.5. The molecule has 6 heteroatoms. The van der Waals surface area contributed by atoms with Crippen molar-refractivity contribution in [1.29, 1.82) is 0 Å². The molecule has 0 spiro atoms. The second-order valence-electron chi connectivity index (χ2n) is 6.22. The topological polar surface area (TPSA) is 47.6 Å². The lowest BCUT2D eigenvalue weighted by Gasteiger charge is -2.20. The van der Waals surface area contributed by atoms with Crippen molar-refractivity contribution in [3.05, 3.63) is 81.8 Å². The minimum atomic E-state index is -0.310. The van der Waals surface area contributed by atoms with E-state index < -0.39 is 0 Å². The third kappa shape index (κ3) is 4.11. The molecule has 1 atom stereocenters. The van der Waals surface area contributed by atoms with Gasteiger partial charge >= 0.3 is 0 Å². The van der Waals surface area contributed by atoms with Crippen LogP contribution in [0.4, 0.5) is 4.39 Å². The average molecular weight is 383 g/mol. The Bertz CT molecular complexity index is 925. The summed E-state index contributed by atoms with van der Waals surface area (Å²) in [6.07, 6.45) is 0.222. The van der Waals surface area contributed by atoms with Gasteiger partial charge in [0.15, 0.2) is 11.5 Å². The van der Waals surface area contributed by atoms with Crippen LogP contribution in [0.15, 0.2) is 60.0 Å². The number of hydrogen-bond donors (Lipinski definition) is 1. The number of thiophene rings is 1. The molecule has 0 fully saturated rings. The summed E-state index contributed by atoms with van der Waals surface area (Å²) in [6, 6.07) is 15.3. The van der Waals surface area contributed by atoms with Gasteiger partial charge in [0.25, 0.3) is 0 Å². The fourth-order valence-electron chi connectivity index (χ4n) is 3.02. The van der Waals surface area contributed by atoms with E-state index in [1.807, 2.05) is 35.7 Å². The van der Waals surface area contributed by atoms with Crippen molar-refractivity contribution in [2.24, 2.45) is 0 Å². The van der Waals surface area contributed by atoms with E-state index in [0.29, 0.717) is 24.7 Å². The molecule has 0 radical (unpaired) electrons. The predicted octanol–water partition coefficient (Wildman–Crippen LogP) is 4.11. The van der Waals surface area contributed by atoms with Crippen LogP contribution in [-0.4, -0.2) is 19.1 Å². The van der Waals surface area contributed by atoms with Gasteiger partial charge in [0.2, 0.25) is 5.91 Å². The fraction of sp³-hybridized carbons (Fsp3) is 0.190. The number of fused-ring (bicyclic) bond motifs is 1. The highest BCUT2D eigenvalue weighted by Gasteiger charge is 2.19. The van der Waals surface area contributed by atoms with Gasteiger partial charge in [0, 0.05) is 4.88 Å². The maximum atomic E-state index is 13.3. The molecule has 0 aliphatic carbocycles. The van der Waals surface area contributed by atoms with Crippen molar-refractivity contribution < 1.29 is 18.7 Å². The van der Waals surface area contributed by atoms with Gasteiger partial charge in [0.1, 0.15) is 19.0 Å². The molecule has 3 aromatic rings. The van der Waals surface area contributed by atoms with E-state index in [1.165, 1.54) is 12.1 Å². The van der Waals surface area contributed by atoms with Crippen LogP contribution >= 0.6 is 11.3 Å². The van der Waals surface area contributed by atoms with E-state index in [1.54, 1.807) is 23.5 Å². The Morgan fingerprint density at radius 2 is 1.85 bits per heavy atom. The maximum Gasteiger partial charge on any atom is 0.225 e. The predicted molar refractivity (Wildman–Crippen MR) is 102 cm³/mol. The van der Waals surface area contributed by atoms with Crippen molar-refractivity contribution in [2.45, 2.75) is 12.5 Å². The summed E-state index contributed by atoms with van der Waals surface area (Å²) in [5, 5.41) is 5.02. The summed E-state index contributed by atoms with van der Waals surface area (Å²) in [6.45, 7) is 1.04. The molecule has 1 N–H and O–H groups in total. The average Bonchev–Trinajstić information content (AvgIpc) is 3.21. The second kappa shape index (κ2) is 7.80. The van der Waals surface area contributed by atoms with E-state index in [0.717, 1.165) is 16.0 Å². The van der Waals surface area contributed by atoms with Crippen LogP contribution in [0.25, 0.3) is 0 Å². The van der Waals surface area contributed by atoms with Crippen LogP contribution in [0.5, 0.6) is 11.5 Å². The number of benzene rings is 2. The van der Waals surface area contributed by atoms with Gasteiger partial charge in [-0.05, 0) is 46.8 Å². The van der Waals surface area contributed by atoms with Crippen molar-refractivity contribution >= 4 is 17.2 Å². The normalized spacial score (nSPS) is 13.8. The number of carbonyl (C=O) groups is 1. The summed E-state index contributed by atoms with van der Waals surface area (Å²) in [5.74, 6) is 0.953. The lowest BCUT2D eigenvalue weighted by Crippen LogP contribution is -2.30. The number of rotatable bonds is 5. The summed E-state index contributed by atoms with van der Waals surface area (Å²) < 4.78 is 24.4. The molecular formula is C21H18FNO3S. The highest BCUT2D eigenvalue weighted by atomic mass is 32.1. The molecule has 4 rings (SSSR count). The SMILES string of the molecule is O=C(Cc1ccc2c(c1)OCCO2)NC(c1ccc(F)cc1)c1cccs1. The monoisotopic (exact) mass is 383 g/mol.